The molecule has 0 atom stereocenters. The Labute approximate surface area is 107 Å². The SMILES string of the molecule is Cc1ccc(Oc2ccc(F)cc2[N+](=O)[O-])cc1F. The van der Waals surface area contributed by atoms with Gasteiger partial charge in [-0.2, -0.15) is 0 Å². The summed E-state index contributed by atoms with van der Waals surface area (Å²) in [5.74, 6) is -1.26. The monoisotopic (exact) mass is 265 g/mol. The van der Waals surface area contributed by atoms with Gasteiger partial charge in [0.25, 0.3) is 0 Å². The Bertz CT molecular complexity index is 644. The molecule has 0 heterocycles. The van der Waals surface area contributed by atoms with Crippen molar-refractivity contribution in [2.75, 3.05) is 0 Å². The number of hydrogen-bond donors (Lipinski definition) is 0. The molecule has 0 unspecified atom stereocenters. The maximum Gasteiger partial charge on any atom is 0.314 e. The molecular weight excluding hydrogens is 256 g/mol. The number of benzene rings is 2. The summed E-state index contributed by atoms with van der Waals surface area (Å²) in [6.07, 6.45) is 0. The molecule has 2 aromatic rings. The number of nitro groups is 1. The number of rotatable bonds is 3. The predicted octanol–water partition coefficient (Wildman–Crippen LogP) is 3.97. The molecule has 6 heteroatoms. The van der Waals surface area contributed by atoms with E-state index in [9.17, 15) is 18.9 Å². The largest absolute Gasteiger partial charge is 0.450 e. The Morgan fingerprint density at radius 3 is 2.53 bits per heavy atom. The van der Waals surface area contributed by atoms with Crippen molar-refractivity contribution in [1.29, 1.82) is 0 Å². The Kier molecular flexibility index (Phi) is 3.41. The lowest BCUT2D eigenvalue weighted by molar-refractivity contribution is -0.385. The first-order valence-electron chi connectivity index (χ1n) is 5.35. The van der Waals surface area contributed by atoms with Gasteiger partial charge < -0.3 is 4.74 Å². The minimum Gasteiger partial charge on any atom is -0.450 e. The third kappa shape index (κ3) is 2.85. The van der Waals surface area contributed by atoms with E-state index in [-0.39, 0.29) is 11.5 Å². The van der Waals surface area contributed by atoms with Crippen LogP contribution in [-0.2, 0) is 0 Å². The summed E-state index contributed by atoms with van der Waals surface area (Å²) < 4.78 is 31.5. The van der Waals surface area contributed by atoms with Gasteiger partial charge in [-0.1, -0.05) is 6.07 Å². The highest BCUT2D eigenvalue weighted by Gasteiger charge is 2.17. The van der Waals surface area contributed by atoms with E-state index in [1.165, 1.54) is 12.1 Å². The highest BCUT2D eigenvalue weighted by Crippen LogP contribution is 2.32. The number of nitro benzene ring substituents is 1. The Hall–Kier alpha value is -2.50. The molecule has 4 nitrogen and oxygen atoms in total. The Morgan fingerprint density at radius 1 is 1.16 bits per heavy atom. The molecule has 0 radical (unpaired) electrons. The lowest BCUT2D eigenvalue weighted by Gasteiger charge is -2.07. The summed E-state index contributed by atoms with van der Waals surface area (Å²) in [6.45, 7) is 1.58. The fourth-order valence-corrected chi connectivity index (χ4v) is 1.48. The third-order valence-corrected chi connectivity index (χ3v) is 2.49. The zero-order valence-electron chi connectivity index (χ0n) is 9.89. The summed E-state index contributed by atoms with van der Waals surface area (Å²) in [5.41, 5.74) is -0.0815. The summed E-state index contributed by atoms with van der Waals surface area (Å²) in [7, 11) is 0. The molecule has 0 saturated carbocycles. The minimum atomic E-state index is -0.761. The van der Waals surface area contributed by atoms with Crippen LogP contribution in [0, 0.1) is 28.7 Å². The van der Waals surface area contributed by atoms with Crippen LogP contribution in [0.25, 0.3) is 0 Å². The van der Waals surface area contributed by atoms with Crippen molar-refractivity contribution >= 4 is 5.69 Å². The van der Waals surface area contributed by atoms with Crippen molar-refractivity contribution in [3.63, 3.8) is 0 Å². The molecule has 0 bridgehead atoms. The first-order chi connectivity index (χ1) is 8.97. The van der Waals surface area contributed by atoms with Gasteiger partial charge in [-0.25, -0.2) is 8.78 Å². The van der Waals surface area contributed by atoms with E-state index < -0.39 is 22.2 Å². The van der Waals surface area contributed by atoms with Crippen molar-refractivity contribution in [2.24, 2.45) is 0 Å². The van der Waals surface area contributed by atoms with Crippen LogP contribution in [0.3, 0.4) is 0 Å². The van der Waals surface area contributed by atoms with Crippen LogP contribution in [0.15, 0.2) is 36.4 Å². The topological polar surface area (TPSA) is 52.4 Å². The van der Waals surface area contributed by atoms with Crippen LogP contribution in [0.5, 0.6) is 11.5 Å². The molecule has 0 saturated heterocycles. The third-order valence-electron chi connectivity index (χ3n) is 2.49. The molecule has 2 rings (SSSR count). The van der Waals surface area contributed by atoms with Crippen LogP contribution < -0.4 is 4.74 Å². The minimum absolute atomic E-state index is 0.109. The number of halogens is 2. The molecule has 0 spiro atoms. The summed E-state index contributed by atoms with van der Waals surface area (Å²) in [5, 5.41) is 10.8. The summed E-state index contributed by atoms with van der Waals surface area (Å²) in [6, 6.07) is 6.99. The van der Waals surface area contributed by atoms with Gasteiger partial charge in [0, 0.05) is 6.07 Å². The smallest absolute Gasteiger partial charge is 0.314 e. The average molecular weight is 265 g/mol. The zero-order chi connectivity index (χ0) is 14.0. The van der Waals surface area contributed by atoms with E-state index in [1.54, 1.807) is 6.92 Å². The van der Waals surface area contributed by atoms with E-state index >= 15 is 0 Å². The van der Waals surface area contributed by atoms with Gasteiger partial charge in [0.1, 0.15) is 17.4 Å². The van der Waals surface area contributed by atoms with Gasteiger partial charge in [-0.05, 0) is 30.7 Å². The van der Waals surface area contributed by atoms with Crippen LogP contribution in [-0.4, -0.2) is 4.92 Å². The summed E-state index contributed by atoms with van der Waals surface area (Å²) >= 11 is 0. The van der Waals surface area contributed by atoms with Crippen molar-refractivity contribution in [3.05, 3.63) is 63.7 Å². The lowest BCUT2D eigenvalue weighted by atomic mass is 10.2. The van der Waals surface area contributed by atoms with E-state index in [1.807, 2.05) is 0 Å². The van der Waals surface area contributed by atoms with Crippen molar-refractivity contribution in [2.45, 2.75) is 6.92 Å². The zero-order valence-corrected chi connectivity index (χ0v) is 9.89. The molecule has 19 heavy (non-hydrogen) atoms. The van der Waals surface area contributed by atoms with Crippen LogP contribution in [0.2, 0.25) is 0 Å². The average Bonchev–Trinajstić information content (AvgIpc) is 2.36. The van der Waals surface area contributed by atoms with Gasteiger partial charge in [0.15, 0.2) is 0 Å². The molecule has 0 fully saturated rings. The van der Waals surface area contributed by atoms with Gasteiger partial charge in [-0.15, -0.1) is 0 Å². The van der Waals surface area contributed by atoms with Crippen molar-refractivity contribution in [1.82, 2.24) is 0 Å². The number of hydrogen-bond acceptors (Lipinski definition) is 3. The molecule has 0 aliphatic carbocycles. The van der Waals surface area contributed by atoms with Gasteiger partial charge >= 0.3 is 5.69 Å². The Morgan fingerprint density at radius 2 is 1.89 bits per heavy atom. The first kappa shape index (κ1) is 12.9. The second-order valence-electron chi connectivity index (χ2n) is 3.88. The fraction of sp³-hybridized carbons (Fsp3) is 0.0769. The van der Waals surface area contributed by atoms with Crippen LogP contribution >= 0.6 is 0 Å². The molecule has 0 aromatic heterocycles. The quantitative estimate of drug-likeness (QED) is 0.623. The maximum absolute atomic E-state index is 13.3. The number of ether oxygens (including phenoxy) is 1. The molecule has 98 valence electrons. The maximum atomic E-state index is 13.3. The van der Waals surface area contributed by atoms with Crippen LogP contribution in [0.4, 0.5) is 14.5 Å². The van der Waals surface area contributed by atoms with E-state index in [2.05, 4.69) is 0 Å². The molecule has 0 amide bonds. The standard InChI is InChI=1S/C13H9F2NO3/c1-8-2-4-10(7-11(8)15)19-13-5-3-9(14)6-12(13)16(17)18/h2-7H,1H3. The highest BCUT2D eigenvalue weighted by atomic mass is 19.1. The molecule has 0 aliphatic heterocycles. The molecule has 2 aromatic carbocycles. The number of aryl methyl sites for hydroxylation is 1. The number of nitrogens with zero attached hydrogens (tertiary/aromatic N) is 1. The normalized spacial score (nSPS) is 10.3. The van der Waals surface area contributed by atoms with E-state index in [4.69, 9.17) is 4.74 Å². The van der Waals surface area contributed by atoms with Gasteiger partial charge in [0.05, 0.1) is 11.0 Å². The van der Waals surface area contributed by atoms with E-state index in [0.29, 0.717) is 5.56 Å². The van der Waals surface area contributed by atoms with E-state index in [0.717, 1.165) is 24.3 Å². The summed E-state index contributed by atoms with van der Waals surface area (Å²) in [4.78, 5) is 10.0. The lowest BCUT2D eigenvalue weighted by Crippen LogP contribution is -1.95. The second-order valence-corrected chi connectivity index (χ2v) is 3.88. The van der Waals surface area contributed by atoms with Crippen LogP contribution in [0.1, 0.15) is 5.56 Å². The Balaban J connectivity index is 2.37. The molecule has 0 aliphatic rings. The van der Waals surface area contributed by atoms with Crippen molar-refractivity contribution < 1.29 is 18.4 Å². The van der Waals surface area contributed by atoms with Gasteiger partial charge in [-0.3, -0.25) is 10.1 Å². The fourth-order valence-electron chi connectivity index (χ4n) is 1.48. The first-order valence-corrected chi connectivity index (χ1v) is 5.35. The molecule has 0 N–H and O–H groups in total. The highest BCUT2D eigenvalue weighted by molar-refractivity contribution is 5.48. The molecular formula is C13H9F2NO3. The predicted molar refractivity (Wildman–Crippen MR) is 64.3 cm³/mol. The van der Waals surface area contributed by atoms with Crippen molar-refractivity contribution in [3.8, 4) is 11.5 Å². The van der Waals surface area contributed by atoms with Gasteiger partial charge in [0.2, 0.25) is 5.75 Å². The second kappa shape index (κ2) is 5.01.